The number of aromatic carboxylic acids is 1. The van der Waals surface area contributed by atoms with Crippen LogP contribution in [0.3, 0.4) is 0 Å². The van der Waals surface area contributed by atoms with Gasteiger partial charge in [0, 0.05) is 11.6 Å². The molecule has 1 aromatic heterocycles. The van der Waals surface area contributed by atoms with Crippen molar-refractivity contribution in [2.24, 2.45) is 0 Å². The maximum atomic E-state index is 10.6. The van der Waals surface area contributed by atoms with Gasteiger partial charge in [0.05, 0.1) is 0 Å². The molecule has 0 fully saturated rings. The summed E-state index contributed by atoms with van der Waals surface area (Å²) >= 11 is 0. The Kier molecular flexibility index (Phi) is 2.35. The summed E-state index contributed by atoms with van der Waals surface area (Å²) in [5.74, 6) is -0.570. The molecule has 0 aliphatic heterocycles. The van der Waals surface area contributed by atoms with Crippen LogP contribution in [0, 0.1) is 0 Å². The Balaban J connectivity index is 2.16. The zero-order valence-corrected chi connectivity index (χ0v) is 7.73. The van der Waals surface area contributed by atoms with Crippen LogP contribution >= 0.6 is 0 Å². The van der Waals surface area contributed by atoms with Gasteiger partial charge < -0.3 is 5.11 Å². The zero-order chi connectivity index (χ0) is 9.97. The quantitative estimate of drug-likeness (QED) is 0.703. The van der Waals surface area contributed by atoms with E-state index in [1.807, 2.05) is 0 Å². The molecule has 1 aliphatic carbocycles. The highest BCUT2D eigenvalue weighted by Crippen LogP contribution is 2.27. The first kappa shape index (κ1) is 8.99. The summed E-state index contributed by atoms with van der Waals surface area (Å²) in [7, 11) is 0. The number of H-pyrrole nitrogens is 1. The molecule has 2 rings (SSSR count). The second kappa shape index (κ2) is 3.65. The van der Waals surface area contributed by atoms with Crippen LogP contribution < -0.4 is 0 Å². The Morgan fingerprint density at radius 3 is 3.00 bits per heavy atom. The molecule has 4 nitrogen and oxygen atoms in total. The van der Waals surface area contributed by atoms with Gasteiger partial charge in [-0.25, -0.2) is 4.79 Å². The first-order valence-corrected chi connectivity index (χ1v) is 4.71. The Morgan fingerprint density at radius 2 is 2.43 bits per heavy atom. The molecule has 1 aromatic rings. The predicted octanol–water partition coefficient (Wildman–Crippen LogP) is 1.93. The van der Waals surface area contributed by atoms with Crippen LogP contribution in [-0.4, -0.2) is 21.3 Å². The van der Waals surface area contributed by atoms with Crippen molar-refractivity contribution in [2.75, 3.05) is 0 Å². The number of hydrogen-bond acceptors (Lipinski definition) is 2. The SMILES string of the molecule is O=C(O)c1cc(C2CC=CCC2)[nH]n1. The number of hydrogen-bond donors (Lipinski definition) is 2. The van der Waals surface area contributed by atoms with E-state index in [1.54, 1.807) is 6.07 Å². The lowest BCUT2D eigenvalue weighted by Gasteiger charge is -2.14. The minimum Gasteiger partial charge on any atom is -0.476 e. The van der Waals surface area contributed by atoms with Crippen LogP contribution in [0.2, 0.25) is 0 Å². The summed E-state index contributed by atoms with van der Waals surface area (Å²) in [6, 6.07) is 1.63. The molecule has 1 heterocycles. The van der Waals surface area contributed by atoms with Crippen LogP contribution in [-0.2, 0) is 0 Å². The molecule has 0 amide bonds. The van der Waals surface area contributed by atoms with Crippen LogP contribution in [0.5, 0.6) is 0 Å². The summed E-state index contributed by atoms with van der Waals surface area (Å²) in [5.41, 5.74) is 1.04. The summed E-state index contributed by atoms with van der Waals surface area (Å²) in [5, 5.41) is 15.2. The van der Waals surface area contributed by atoms with E-state index in [-0.39, 0.29) is 5.69 Å². The van der Waals surface area contributed by atoms with Gasteiger partial charge in [-0.3, -0.25) is 5.10 Å². The number of carbonyl (C=O) groups is 1. The third kappa shape index (κ3) is 1.69. The lowest BCUT2D eigenvalue weighted by atomic mass is 9.91. The second-order valence-corrected chi connectivity index (χ2v) is 3.50. The molecule has 0 spiro atoms. The molecule has 1 aliphatic rings. The van der Waals surface area contributed by atoms with Crippen LogP contribution in [0.1, 0.15) is 41.4 Å². The van der Waals surface area contributed by atoms with Crippen molar-refractivity contribution in [1.82, 2.24) is 10.2 Å². The topological polar surface area (TPSA) is 66.0 Å². The molecule has 2 N–H and O–H groups in total. The maximum Gasteiger partial charge on any atom is 0.356 e. The zero-order valence-electron chi connectivity index (χ0n) is 7.73. The molecular formula is C10H12N2O2. The largest absolute Gasteiger partial charge is 0.476 e. The van der Waals surface area contributed by atoms with Crippen molar-refractivity contribution < 1.29 is 9.90 Å². The summed E-state index contributed by atoms with van der Waals surface area (Å²) < 4.78 is 0. The summed E-state index contributed by atoms with van der Waals surface area (Å²) in [4.78, 5) is 10.6. The van der Waals surface area contributed by atoms with E-state index in [2.05, 4.69) is 22.3 Å². The van der Waals surface area contributed by atoms with E-state index < -0.39 is 5.97 Å². The van der Waals surface area contributed by atoms with E-state index in [1.165, 1.54) is 0 Å². The van der Waals surface area contributed by atoms with E-state index >= 15 is 0 Å². The Bertz CT molecular complexity index is 368. The first-order valence-electron chi connectivity index (χ1n) is 4.71. The van der Waals surface area contributed by atoms with Gasteiger partial charge in [0.1, 0.15) is 0 Å². The molecule has 0 saturated heterocycles. The Labute approximate surface area is 81.6 Å². The van der Waals surface area contributed by atoms with Gasteiger partial charge in [-0.2, -0.15) is 5.10 Å². The smallest absolute Gasteiger partial charge is 0.356 e. The van der Waals surface area contributed by atoms with Gasteiger partial charge in [0.2, 0.25) is 0 Å². The average molecular weight is 192 g/mol. The van der Waals surface area contributed by atoms with Gasteiger partial charge in [-0.05, 0) is 25.3 Å². The Morgan fingerprint density at radius 1 is 1.57 bits per heavy atom. The number of carboxylic acid groups (broad SMARTS) is 1. The van der Waals surface area contributed by atoms with Crippen LogP contribution in [0.15, 0.2) is 18.2 Å². The number of aromatic amines is 1. The number of rotatable bonds is 2. The molecule has 14 heavy (non-hydrogen) atoms. The van der Waals surface area contributed by atoms with E-state index in [0.717, 1.165) is 25.0 Å². The van der Waals surface area contributed by atoms with Gasteiger partial charge in [-0.15, -0.1) is 0 Å². The highest BCUT2D eigenvalue weighted by Gasteiger charge is 2.16. The average Bonchev–Trinajstić information content (AvgIpc) is 2.68. The fourth-order valence-electron chi connectivity index (χ4n) is 1.73. The van der Waals surface area contributed by atoms with Crippen molar-refractivity contribution in [3.63, 3.8) is 0 Å². The highest BCUT2D eigenvalue weighted by atomic mass is 16.4. The number of allylic oxidation sites excluding steroid dienone is 2. The number of nitrogens with zero attached hydrogens (tertiary/aromatic N) is 1. The Hall–Kier alpha value is -1.58. The molecule has 0 bridgehead atoms. The fraction of sp³-hybridized carbons (Fsp3) is 0.400. The molecule has 1 atom stereocenters. The summed E-state index contributed by atoms with van der Waals surface area (Å²) in [6.07, 6.45) is 7.39. The molecule has 0 radical (unpaired) electrons. The highest BCUT2D eigenvalue weighted by molar-refractivity contribution is 5.85. The van der Waals surface area contributed by atoms with E-state index in [0.29, 0.717) is 5.92 Å². The van der Waals surface area contributed by atoms with Crippen LogP contribution in [0.25, 0.3) is 0 Å². The molecule has 1 unspecified atom stereocenters. The van der Waals surface area contributed by atoms with Gasteiger partial charge in [0.25, 0.3) is 0 Å². The maximum absolute atomic E-state index is 10.6. The minimum absolute atomic E-state index is 0.106. The van der Waals surface area contributed by atoms with Crippen molar-refractivity contribution in [1.29, 1.82) is 0 Å². The lowest BCUT2D eigenvalue weighted by molar-refractivity contribution is 0.0690. The lowest BCUT2D eigenvalue weighted by Crippen LogP contribution is -2.01. The molecule has 4 heteroatoms. The second-order valence-electron chi connectivity index (χ2n) is 3.50. The third-order valence-corrected chi connectivity index (χ3v) is 2.53. The van der Waals surface area contributed by atoms with Crippen molar-refractivity contribution in [2.45, 2.75) is 25.2 Å². The van der Waals surface area contributed by atoms with E-state index in [4.69, 9.17) is 5.11 Å². The van der Waals surface area contributed by atoms with Crippen molar-refractivity contribution >= 4 is 5.97 Å². The van der Waals surface area contributed by atoms with Gasteiger partial charge in [0.15, 0.2) is 5.69 Å². The van der Waals surface area contributed by atoms with E-state index in [9.17, 15) is 4.79 Å². The minimum atomic E-state index is -0.973. The monoisotopic (exact) mass is 192 g/mol. The van der Waals surface area contributed by atoms with Gasteiger partial charge in [-0.1, -0.05) is 12.2 Å². The standard InChI is InChI=1S/C10H12N2O2/c13-10(14)9-6-8(11-12-9)7-4-2-1-3-5-7/h1-2,6-7H,3-5H2,(H,11,12)(H,13,14). The normalized spacial score (nSPS) is 21.0. The predicted molar refractivity (Wildman–Crippen MR) is 51.3 cm³/mol. The third-order valence-electron chi connectivity index (χ3n) is 2.53. The fourth-order valence-corrected chi connectivity index (χ4v) is 1.73. The number of carboxylic acids is 1. The number of nitrogens with one attached hydrogen (secondary N) is 1. The molecule has 0 saturated carbocycles. The van der Waals surface area contributed by atoms with Crippen LogP contribution in [0.4, 0.5) is 0 Å². The molecular weight excluding hydrogens is 180 g/mol. The van der Waals surface area contributed by atoms with Crippen molar-refractivity contribution in [3.05, 3.63) is 29.6 Å². The summed E-state index contributed by atoms with van der Waals surface area (Å²) in [6.45, 7) is 0. The molecule has 74 valence electrons. The van der Waals surface area contributed by atoms with Crippen molar-refractivity contribution in [3.8, 4) is 0 Å². The van der Waals surface area contributed by atoms with Gasteiger partial charge >= 0.3 is 5.97 Å². The number of aromatic nitrogens is 2. The molecule has 0 aromatic carbocycles. The first-order chi connectivity index (χ1) is 6.77.